The number of halogens is 1. The van der Waals surface area contributed by atoms with Crippen molar-refractivity contribution in [3.63, 3.8) is 0 Å². The van der Waals surface area contributed by atoms with Crippen molar-refractivity contribution in [1.82, 2.24) is 9.80 Å². The molecule has 0 aliphatic heterocycles. The summed E-state index contributed by atoms with van der Waals surface area (Å²) in [5.41, 5.74) is 2.12. The Labute approximate surface area is 174 Å². The maximum atomic E-state index is 10.7. The fraction of sp³-hybridized carbons (Fsp3) is 0.333. The Bertz CT molecular complexity index is 609. The summed E-state index contributed by atoms with van der Waals surface area (Å²) in [4.78, 5) is 3.82. The third-order valence-electron chi connectivity index (χ3n) is 3.29. The van der Waals surface area contributed by atoms with E-state index < -0.39 is 7.40 Å². The molecule has 0 heterocycles. The molecule has 0 aliphatic rings. The van der Waals surface area contributed by atoms with E-state index in [2.05, 4.69) is 0 Å². The van der Waals surface area contributed by atoms with Gasteiger partial charge in [-0.2, -0.15) is 0 Å². The Balaban J connectivity index is 0.000000439. The summed E-state index contributed by atoms with van der Waals surface area (Å²) in [5, 5.41) is 16.5. The zero-order valence-corrected chi connectivity index (χ0v) is 17.9. The van der Waals surface area contributed by atoms with Gasteiger partial charge in [0.25, 0.3) is 0 Å². The lowest BCUT2D eigenvalue weighted by molar-refractivity contribution is -0.366. The lowest BCUT2D eigenvalue weighted by atomic mass is 10.2. The smallest absolute Gasteiger partial charge is 0.484 e. The molecule has 0 N–H and O–H groups in total. The minimum Gasteiger partial charge on any atom is -0.867 e. The van der Waals surface area contributed by atoms with Crippen LogP contribution in [-0.4, -0.2) is 45.4 Å². The normalized spacial score (nSPS) is 12.0. The molecule has 0 radical (unpaired) electrons. The van der Waals surface area contributed by atoms with Crippen molar-refractivity contribution in [2.24, 2.45) is 0 Å². The van der Waals surface area contributed by atoms with Crippen LogP contribution < -0.4 is 10.0 Å². The highest BCUT2D eigenvalue weighted by Gasteiger charge is 2.26. The number of benzene rings is 2. The number of rotatable bonds is 6. The van der Waals surface area contributed by atoms with Crippen LogP contribution in [0.5, 0.6) is 0 Å². The second-order valence-corrected chi connectivity index (χ2v) is 7.20. The summed E-state index contributed by atoms with van der Waals surface area (Å²) in [6.45, 7) is 0. The third-order valence-corrected chi connectivity index (χ3v) is 5.04. The van der Waals surface area contributed by atoms with Crippen molar-refractivity contribution in [3.8, 4) is 0 Å². The highest BCUT2D eigenvalue weighted by atomic mass is 32.1. The molecule has 2 unspecified atom stereocenters. The van der Waals surface area contributed by atoms with Gasteiger partial charge in [0.05, 0.1) is 0 Å². The molecular weight excluding hydrogens is 402 g/mol. The zero-order chi connectivity index (χ0) is 21.5. The van der Waals surface area contributed by atoms with Gasteiger partial charge in [-0.05, 0) is 28.2 Å². The Morgan fingerprint density at radius 3 is 1.18 bits per heavy atom. The zero-order valence-electron chi connectivity index (χ0n) is 16.2. The van der Waals surface area contributed by atoms with Gasteiger partial charge in [0.15, 0.2) is 0 Å². The summed E-state index contributed by atoms with van der Waals surface area (Å²) in [6, 6.07) is 19.6. The summed E-state index contributed by atoms with van der Waals surface area (Å²) in [5.74, 6) is 0. The van der Waals surface area contributed by atoms with Crippen molar-refractivity contribution < 1.29 is 22.8 Å². The van der Waals surface area contributed by atoms with E-state index in [1.807, 2.05) is 98.7 Å². The van der Waals surface area contributed by atoms with E-state index in [1.165, 1.54) is 0 Å². The Morgan fingerprint density at radius 2 is 1.00 bits per heavy atom. The van der Waals surface area contributed by atoms with Gasteiger partial charge in [-0.3, -0.25) is 0 Å². The first-order valence-electron chi connectivity index (χ1n) is 8.20. The van der Waals surface area contributed by atoms with Crippen molar-refractivity contribution in [1.29, 1.82) is 0 Å². The van der Waals surface area contributed by atoms with E-state index in [9.17, 15) is 12.7 Å². The molecule has 0 saturated heterocycles. The van der Waals surface area contributed by atoms with E-state index in [0.717, 1.165) is 11.1 Å². The molecule has 2 aromatic carbocycles. The summed E-state index contributed by atoms with van der Waals surface area (Å²) >= 11 is 1.21. The van der Waals surface area contributed by atoms with Crippen LogP contribution in [0.3, 0.4) is 0 Å². The van der Waals surface area contributed by atoms with E-state index in [0.29, 0.717) is 23.3 Å². The average molecular weight is 426 g/mol. The molecule has 0 amide bonds. The highest BCUT2D eigenvalue weighted by Crippen LogP contribution is 2.17. The molecule has 0 aromatic heterocycles. The van der Waals surface area contributed by atoms with E-state index in [4.69, 9.17) is 10.0 Å². The van der Waals surface area contributed by atoms with Gasteiger partial charge in [-0.15, -0.1) is 0 Å². The maximum absolute atomic E-state index is 10.7. The topological polar surface area (TPSA) is 86.7 Å². The highest BCUT2D eigenvalue weighted by molar-refractivity contribution is 7.66. The van der Waals surface area contributed by atoms with Crippen LogP contribution in [0.1, 0.15) is 21.9 Å². The van der Waals surface area contributed by atoms with Gasteiger partial charge < -0.3 is 14.4 Å². The second-order valence-electron chi connectivity index (χ2n) is 5.92. The first-order valence-corrected chi connectivity index (χ1v) is 9.81. The predicted octanol–water partition coefficient (Wildman–Crippen LogP) is 1.01. The van der Waals surface area contributed by atoms with E-state index >= 15 is 0 Å². The predicted molar refractivity (Wildman–Crippen MR) is 109 cm³/mol. The van der Waals surface area contributed by atoms with Gasteiger partial charge in [0, 0.05) is 19.5 Å². The monoisotopic (exact) mass is 426 g/mol. The fourth-order valence-electron chi connectivity index (χ4n) is 2.11. The maximum Gasteiger partial charge on any atom is 0.484 e. The fourth-order valence-corrected chi connectivity index (χ4v) is 3.00. The molecule has 152 valence electrons. The van der Waals surface area contributed by atoms with Gasteiger partial charge in [0.1, 0.15) is 7.40 Å². The van der Waals surface area contributed by atoms with Gasteiger partial charge >= 0.3 is 34.1 Å². The van der Waals surface area contributed by atoms with Crippen LogP contribution in [0, 0.1) is 0 Å². The molecule has 0 fully saturated rings. The molecule has 2 aromatic rings. The number of hydrogen-bond donors (Lipinski definition) is 0. The minimum atomic E-state index is -3.17. The molecule has 0 saturated carbocycles. The van der Waals surface area contributed by atoms with E-state index in [-0.39, 0.29) is 10.7 Å². The lowest BCUT2D eigenvalue weighted by Crippen LogP contribution is -2.39. The molecule has 2 rings (SSSR count). The molecule has 0 spiro atoms. The quantitative estimate of drug-likeness (QED) is 0.389. The summed E-state index contributed by atoms with van der Waals surface area (Å²) < 4.78 is 31.4. The Morgan fingerprint density at radius 1 is 0.750 bits per heavy atom. The molecule has 6 nitrogen and oxygen atoms in total. The molecular formula is C18H24BFN2O4S2. The largest absolute Gasteiger partial charge is 0.867 e. The molecule has 2 atom stereocenters. The molecule has 10 heteroatoms. The second kappa shape index (κ2) is 15.3. The van der Waals surface area contributed by atoms with Crippen LogP contribution in [0.25, 0.3) is 0 Å². The number of nitrogens with zero attached hydrogens (tertiary/aromatic N) is 2. The standard InChI is InChI=1S/2C9H12NOS.BFO2/c2*1-10(2)9(12-11)8-6-4-3-5-7-8;2-1(3)4/h2*3-7,9H,1-2H3;/q2*+1;-2. The van der Waals surface area contributed by atoms with Crippen molar-refractivity contribution in [3.05, 3.63) is 71.8 Å². The third kappa shape index (κ3) is 11.2. The minimum absolute atomic E-state index is 0.0776. The van der Waals surface area contributed by atoms with Gasteiger partial charge in [-0.25, -0.2) is 9.80 Å². The van der Waals surface area contributed by atoms with E-state index in [1.54, 1.807) is 0 Å². The van der Waals surface area contributed by atoms with Crippen LogP contribution in [-0.2, 0) is 31.8 Å². The Hall–Kier alpha value is -1.69. The summed E-state index contributed by atoms with van der Waals surface area (Å²) in [6.07, 6.45) is 0. The van der Waals surface area contributed by atoms with Gasteiger partial charge in [-0.1, -0.05) is 60.7 Å². The molecule has 0 aliphatic carbocycles. The van der Waals surface area contributed by atoms with Crippen LogP contribution in [0.4, 0.5) is 4.32 Å². The first-order chi connectivity index (χ1) is 13.2. The van der Waals surface area contributed by atoms with Crippen LogP contribution in [0.15, 0.2) is 60.7 Å². The SMILES string of the molecule is CN(C)C([S+]=O)c1ccccc1.CN(C)C([S+]=O)c1ccccc1.[O-]B([O-])F. The summed E-state index contributed by atoms with van der Waals surface area (Å²) in [7, 11) is 4.45. The molecule has 28 heavy (non-hydrogen) atoms. The van der Waals surface area contributed by atoms with Crippen LogP contribution >= 0.6 is 0 Å². The number of hydrogen-bond acceptors (Lipinski definition) is 6. The average Bonchev–Trinajstić information content (AvgIpc) is 2.64. The van der Waals surface area contributed by atoms with Gasteiger partial charge in [0.2, 0.25) is 0 Å². The van der Waals surface area contributed by atoms with Crippen molar-refractivity contribution in [2.45, 2.75) is 10.7 Å². The Kier molecular flexibility index (Phi) is 14.3. The molecule has 0 bridgehead atoms. The van der Waals surface area contributed by atoms with Crippen LogP contribution in [0.2, 0.25) is 0 Å². The lowest BCUT2D eigenvalue weighted by Gasteiger charge is -2.09. The van der Waals surface area contributed by atoms with Crippen molar-refractivity contribution >= 4 is 30.7 Å². The van der Waals surface area contributed by atoms with Crippen molar-refractivity contribution in [2.75, 3.05) is 28.2 Å². The first kappa shape index (κ1) is 26.3.